The maximum Gasteiger partial charge on any atom is 0.416 e. The van der Waals surface area contributed by atoms with Gasteiger partial charge in [0.2, 0.25) is 10.0 Å². The minimum absolute atomic E-state index is 0.131. The fraction of sp³-hybridized carbons (Fsp3) is 0.130. The van der Waals surface area contributed by atoms with Crippen molar-refractivity contribution in [3.8, 4) is 0 Å². The molecule has 6 nitrogen and oxygen atoms in total. The van der Waals surface area contributed by atoms with Crippen LogP contribution in [-0.2, 0) is 22.7 Å². The lowest BCUT2D eigenvalue weighted by atomic mass is 10.1. The summed E-state index contributed by atoms with van der Waals surface area (Å²) in [6, 6.07) is 19.5. The van der Waals surface area contributed by atoms with E-state index >= 15 is 0 Å². The monoisotopic (exact) mass is 475 g/mol. The predicted octanol–water partition coefficient (Wildman–Crippen LogP) is 4.44. The number of nitrogens with one attached hydrogen (secondary N) is 1. The molecule has 0 atom stereocenters. The summed E-state index contributed by atoms with van der Waals surface area (Å²) in [5, 5.41) is 3.70. The Morgan fingerprint density at radius 1 is 1.00 bits per heavy atom. The molecule has 0 spiro atoms. The fourth-order valence-corrected chi connectivity index (χ4v) is 3.84. The van der Waals surface area contributed by atoms with E-state index in [4.69, 9.17) is 0 Å². The van der Waals surface area contributed by atoms with Crippen LogP contribution >= 0.6 is 0 Å². The van der Waals surface area contributed by atoms with E-state index in [1.165, 1.54) is 40.7 Å². The second kappa shape index (κ2) is 9.86. The number of anilines is 1. The highest BCUT2D eigenvalue weighted by Crippen LogP contribution is 2.29. The van der Waals surface area contributed by atoms with Crippen LogP contribution in [0, 0.1) is 0 Å². The Bertz CT molecular complexity index is 1240. The normalized spacial score (nSPS) is 12.0. The van der Waals surface area contributed by atoms with Crippen molar-refractivity contribution < 1.29 is 26.4 Å². The summed E-state index contributed by atoms with van der Waals surface area (Å²) >= 11 is 0. The molecule has 1 N–H and O–H groups in total. The van der Waals surface area contributed by atoms with E-state index in [9.17, 15) is 26.4 Å². The Morgan fingerprint density at radius 2 is 1.67 bits per heavy atom. The van der Waals surface area contributed by atoms with Gasteiger partial charge in [-0.2, -0.15) is 18.3 Å². The molecule has 0 aliphatic rings. The van der Waals surface area contributed by atoms with E-state index in [1.54, 1.807) is 0 Å². The van der Waals surface area contributed by atoms with Crippen LogP contribution in [-0.4, -0.2) is 26.8 Å². The minimum atomic E-state index is -4.48. The standard InChI is InChI=1S/C23H20F3N3O3S/c1-33(31,32)29(16-17-6-3-2-4-7-17)21-12-10-19(11-13-21)22(30)28-27-15-18-8-5-9-20(14-18)23(24,25)26/h2-15H,16H2,1H3,(H,28,30)/b27-15-. The number of benzene rings is 3. The number of alkyl halides is 3. The SMILES string of the molecule is CS(=O)(=O)N(Cc1ccccc1)c1ccc(C(=O)N/N=C\c2cccc(C(F)(F)F)c2)cc1. The lowest BCUT2D eigenvalue weighted by Gasteiger charge is -2.22. The molecule has 1 amide bonds. The van der Waals surface area contributed by atoms with Crippen LogP contribution in [0.4, 0.5) is 18.9 Å². The third kappa shape index (κ3) is 6.66. The largest absolute Gasteiger partial charge is 0.416 e. The second-order valence-electron chi connectivity index (χ2n) is 7.12. The van der Waals surface area contributed by atoms with Gasteiger partial charge in [-0.25, -0.2) is 13.8 Å². The van der Waals surface area contributed by atoms with E-state index in [-0.39, 0.29) is 17.7 Å². The molecule has 0 unspecified atom stereocenters. The first-order chi connectivity index (χ1) is 15.5. The van der Waals surface area contributed by atoms with Gasteiger partial charge in [0.15, 0.2) is 0 Å². The van der Waals surface area contributed by atoms with Gasteiger partial charge in [0.05, 0.1) is 30.3 Å². The summed E-state index contributed by atoms with van der Waals surface area (Å²) in [7, 11) is -3.58. The van der Waals surface area contributed by atoms with E-state index < -0.39 is 27.7 Å². The molecule has 3 aromatic carbocycles. The number of sulfonamides is 1. The second-order valence-corrected chi connectivity index (χ2v) is 9.03. The van der Waals surface area contributed by atoms with Gasteiger partial charge in [0.1, 0.15) is 0 Å². The number of nitrogens with zero attached hydrogens (tertiary/aromatic N) is 2. The van der Waals surface area contributed by atoms with Gasteiger partial charge in [-0.1, -0.05) is 42.5 Å². The zero-order valence-electron chi connectivity index (χ0n) is 17.5. The van der Waals surface area contributed by atoms with Crippen molar-refractivity contribution in [3.05, 3.63) is 101 Å². The molecule has 0 fully saturated rings. The van der Waals surface area contributed by atoms with Crippen LogP contribution in [0.1, 0.15) is 27.0 Å². The lowest BCUT2D eigenvalue weighted by molar-refractivity contribution is -0.137. The molecule has 0 bridgehead atoms. The maximum absolute atomic E-state index is 12.8. The topological polar surface area (TPSA) is 78.8 Å². The summed E-state index contributed by atoms with van der Waals surface area (Å²) in [5.74, 6) is -0.598. The maximum atomic E-state index is 12.8. The van der Waals surface area contributed by atoms with Crippen LogP contribution in [0.5, 0.6) is 0 Å². The predicted molar refractivity (Wildman–Crippen MR) is 120 cm³/mol. The van der Waals surface area contributed by atoms with Crippen molar-refractivity contribution in [1.82, 2.24) is 5.43 Å². The molecule has 0 radical (unpaired) electrons. The van der Waals surface area contributed by atoms with Crippen molar-refractivity contribution in [2.75, 3.05) is 10.6 Å². The van der Waals surface area contributed by atoms with Gasteiger partial charge < -0.3 is 0 Å². The number of halogens is 3. The summed E-state index contributed by atoms with van der Waals surface area (Å²) < 4.78 is 64.1. The summed E-state index contributed by atoms with van der Waals surface area (Å²) in [6.45, 7) is 0.131. The highest BCUT2D eigenvalue weighted by molar-refractivity contribution is 7.92. The first-order valence-corrected chi connectivity index (χ1v) is 11.5. The number of carbonyl (C=O) groups is 1. The van der Waals surface area contributed by atoms with Crippen molar-refractivity contribution in [1.29, 1.82) is 0 Å². The summed E-state index contributed by atoms with van der Waals surface area (Å²) in [4.78, 5) is 12.3. The zero-order chi connectivity index (χ0) is 24.1. The molecule has 172 valence electrons. The number of amides is 1. The molecule has 0 aliphatic carbocycles. The molecule has 10 heteroatoms. The Balaban J connectivity index is 1.70. The first-order valence-electron chi connectivity index (χ1n) is 9.66. The quantitative estimate of drug-likeness (QED) is 0.406. The highest BCUT2D eigenvalue weighted by Gasteiger charge is 2.30. The van der Waals surface area contributed by atoms with E-state index in [1.807, 2.05) is 30.3 Å². The van der Waals surface area contributed by atoms with Gasteiger partial charge in [-0.3, -0.25) is 9.10 Å². The van der Waals surface area contributed by atoms with Crippen LogP contribution < -0.4 is 9.73 Å². The molecular weight excluding hydrogens is 455 g/mol. The Kier molecular flexibility index (Phi) is 7.17. The Morgan fingerprint density at radius 3 is 2.27 bits per heavy atom. The summed E-state index contributed by atoms with van der Waals surface area (Å²) in [6.07, 6.45) is -2.28. The molecule has 0 saturated carbocycles. The lowest BCUT2D eigenvalue weighted by Crippen LogP contribution is -2.29. The smallest absolute Gasteiger partial charge is 0.267 e. The van der Waals surface area contributed by atoms with Gasteiger partial charge >= 0.3 is 6.18 Å². The van der Waals surface area contributed by atoms with Gasteiger partial charge in [-0.05, 0) is 47.5 Å². The third-order valence-corrected chi connectivity index (χ3v) is 5.72. The number of carbonyl (C=O) groups excluding carboxylic acids is 1. The number of hydrazone groups is 1. The van der Waals surface area contributed by atoms with E-state index in [2.05, 4.69) is 10.5 Å². The summed E-state index contributed by atoms with van der Waals surface area (Å²) in [5.41, 5.74) is 2.97. The average molecular weight is 475 g/mol. The molecule has 0 saturated heterocycles. The molecule has 0 heterocycles. The van der Waals surface area contributed by atoms with Crippen LogP contribution in [0.2, 0.25) is 0 Å². The molecule has 3 rings (SSSR count). The molecule has 3 aromatic rings. The van der Waals surface area contributed by atoms with Crippen molar-refractivity contribution in [3.63, 3.8) is 0 Å². The van der Waals surface area contributed by atoms with Gasteiger partial charge in [0.25, 0.3) is 5.91 Å². The van der Waals surface area contributed by atoms with Crippen LogP contribution in [0.25, 0.3) is 0 Å². The average Bonchev–Trinajstić information content (AvgIpc) is 2.77. The Labute approximate surface area is 189 Å². The molecular formula is C23H20F3N3O3S. The third-order valence-electron chi connectivity index (χ3n) is 4.58. The van der Waals surface area contributed by atoms with E-state index in [0.717, 1.165) is 30.2 Å². The van der Waals surface area contributed by atoms with Crippen molar-refractivity contribution in [2.24, 2.45) is 5.10 Å². The van der Waals surface area contributed by atoms with Crippen LogP contribution in [0.3, 0.4) is 0 Å². The van der Waals surface area contributed by atoms with E-state index in [0.29, 0.717) is 5.69 Å². The van der Waals surface area contributed by atoms with Crippen molar-refractivity contribution >= 4 is 27.8 Å². The minimum Gasteiger partial charge on any atom is -0.267 e. The number of rotatable bonds is 7. The van der Waals surface area contributed by atoms with Crippen molar-refractivity contribution in [2.45, 2.75) is 12.7 Å². The fourth-order valence-electron chi connectivity index (χ4n) is 2.95. The molecule has 0 aromatic heterocycles. The molecule has 33 heavy (non-hydrogen) atoms. The Hall–Kier alpha value is -3.66. The highest BCUT2D eigenvalue weighted by atomic mass is 32.2. The number of hydrogen-bond donors (Lipinski definition) is 1. The molecule has 0 aliphatic heterocycles. The first kappa shape index (κ1) is 24.0. The van der Waals surface area contributed by atoms with Crippen LogP contribution in [0.15, 0.2) is 84.0 Å². The van der Waals surface area contributed by atoms with Gasteiger partial charge in [-0.15, -0.1) is 0 Å². The number of hydrogen-bond acceptors (Lipinski definition) is 4. The zero-order valence-corrected chi connectivity index (χ0v) is 18.3. The van der Waals surface area contributed by atoms with Gasteiger partial charge in [0, 0.05) is 5.56 Å².